The van der Waals surface area contributed by atoms with Gasteiger partial charge in [-0.05, 0) is 32.0 Å². The van der Waals surface area contributed by atoms with Crippen LogP contribution in [0.5, 0.6) is 0 Å². The van der Waals surface area contributed by atoms with Gasteiger partial charge in [-0.25, -0.2) is 17.5 Å². The molecule has 1 aromatic rings. The molecule has 1 aliphatic heterocycles. The average Bonchev–Trinajstić information content (AvgIpc) is 2.96. The highest BCUT2D eigenvalue weighted by Crippen LogP contribution is 2.18. The summed E-state index contributed by atoms with van der Waals surface area (Å²) in [6.07, 6.45) is 1.97. The van der Waals surface area contributed by atoms with Crippen molar-refractivity contribution in [1.29, 1.82) is 0 Å². The summed E-state index contributed by atoms with van der Waals surface area (Å²) in [5.41, 5.74) is 0. The fraction of sp³-hybridized carbons (Fsp3) is 0.533. The summed E-state index contributed by atoms with van der Waals surface area (Å²) < 4.78 is 39.9. The molecule has 2 rings (SSSR count). The molecule has 0 bridgehead atoms. The molecule has 0 radical (unpaired) electrons. The summed E-state index contributed by atoms with van der Waals surface area (Å²) in [4.78, 5) is 13.6. The molecule has 0 saturated carbocycles. The van der Waals surface area contributed by atoms with Gasteiger partial charge in [0.05, 0.1) is 0 Å². The van der Waals surface area contributed by atoms with E-state index in [1.807, 2.05) is 7.05 Å². The van der Waals surface area contributed by atoms with Crippen LogP contribution in [0.4, 0.5) is 4.39 Å². The quantitative estimate of drug-likeness (QED) is 0.744. The van der Waals surface area contributed by atoms with Crippen LogP contribution in [0.3, 0.4) is 0 Å². The number of nitrogens with zero attached hydrogens (tertiary/aromatic N) is 1. The normalized spacial score (nSPS) is 17.6. The fourth-order valence-electron chi connectivity index (χ4n) is 2.79. The molecule has 1 saturated heterocycles. The molecular formula is C15H23ClFN3O3S. The van der Waals surface area contributed by atoms with Gasteiger partial charge in [-0.2, -0.15) is 0 Å². The van der Waals surface area contributed by atoms with Gasteiger partial charge in [-0.3, -0.25) is 4.79 Å². The first-order chi connectivity index (χ1) is 11.0. The van der Waals surface area contributed by atoms with Crippen molar-refractivity contribution in [1.82, 2.24) is 14.9 Å². The number of halogens is 2. The molecule has 0 spiro atoms. The van der Waals surface area contributed by atoms with Gasteiger partial charge in [0.2, 0.25) is 15.9 Å². The third kappa shape index (κ3) is 5.14. The third-order valence-corrected chi connectivity index (χ3v) is 5.39. The monoisotopic (exact) mass is 379 g/mol. The van der Waals surface area contributed by atoms with E-state index in [0.717, 1.165) is 25.5 Å². The zero-order chi connectivity index (χ0) is 16.9. The number of carbonyl (C=O) groups is 1. The zero-order valence-electron chi connectivity index (χ0n) is 13.5. The third-order valence-electron chi connectivity index (χ3n) is 3.89. The van der Waals surface area contributed by atoms with Crippen LogP contribution in [0.2, 0.25) is 0 Å². The van der Waals surface area contributed by atoms with Crippen molar-refractivity contribution in [3.63, 3.8) is 0 Å². The molecule has 6 nitrogen and oxygen atoms in total. The molecule has 0 aromatic heterocycles. The Morgan fingerprint density at radius 3 is 2.75 bits per heavy atom. The van der Waals surface area contributed by atoms with Crippen LogP contribution < -0.4 is 10.0 Å². The number of benzene rings is 1. The molecule has 0 aliphatic carbocycles. The van der Waals surface area contributed by atoms with E-state index >= 15 is 0 Å². The van der Waals surface area contributed by atoms with E-state index in [4.69, 9.17) is 0 Å². The molecule has 24 heavy (non-hydrogen) atoms. The highest BCUT2D eigenvalue weighted by Gasteiger charge is 2.28. The van der Waals surface area contributed by atoms with Crippen molar-refractivity contribution in [3.05, 3.63) is 30.1 Å². The largest absolute Gasteiger partial charge is 0.338 e. The summed E-state index contributed by atoms with van der Waals surface area (Å²) in [6.45, 7) is 1.39. The van der Waals surface area contributed by atoms with Gasteiger partial charge in [-0.15, -0.1) is 12.4 Å². The summed E-state index contributed by atoms with van der Waals surface area (Å²) >= 11 is 0. The van der Waals surface area contributed by atoms with Crippen molar-refractivity contribution in [3.8, 4) is 0 Å². The second kappa shape index (κ2) is 9.31. The maximum Gasteiger partial charge on any atom is 0.243 e. The first kappa shape index (κ1) is 20.8. The Hall–Kier alpha value is -1.22. The molecule has 136 valence electrons. The second-order valence-corrected chi connectivity index (χ2v) is 7.25. The molecule has 1 aromatic carbocycles. The summed E-state index contributed by atoms with van der Waals surface area (Å²) in [7, 11) is -2.11. The number of rotatable bonds is 7. The molecule has 9 heteroatoms. The van der Waals surface area contributed by atoms with E-state index in [1.165, 1.54) is 18.2 Å². The van der Waals surface area contributed by atoms with E-state index < -0.39 is 20.7 Å². The van der Waals surface area contributed by atoms with Crippen molar-refractivity contribution in [2.45, 2.75) is 30.2 Å². The Bertz CT molecular complexity index is 657. The Labute approximate surface area is 148 Å². The van der Waals surface area contributed by atoms with Gasteiger partial charge in [0.25, 0.3) is 0 Å². The van der Waals surface area contributed by atoms with Gasteiger partial charge < -0.3 is 10.2 Å². The SMILES string of the molecule is CNCC1CCCN1C(=O)CCNS(=O)(=O)c1ccccc1F.Cl. The Balaban J connectivity index is 0.00000288. The van der Waals surface area contributed by atoms with Gasteiger partial charge >= 0.3 is 0 Å². The minimum Gasteiger partial charge on any atom is -0.338 e. The lowest BCUT2D eigenvalue weighted by atomic mass is 10.2. The lowest BCUT2D eigenvalue weighted by Crippen LogP contribution is -2.42. The number of hydrogen-bond acceptors (Lipinski definition) is 4. The number of nitrogens with one attached hydrogen (secondary N) is 2. The van der Waals surface area contributed by atoms with Crippen LogP contribution >= 0.6 is 12.4 Å². The topological polar surface area (TPSA) is 78.5 Å². The van der Waals surface area contributed by atoms with Gasteiger partial charge in [-0.1, -0.05) is 12.1 Å². The number of sulfonamides is 1. The maximum absolute atomic E-state index is 13.6. The van der Waals surface area contributed by atoms with Crippen molar-refractivity contribution < 1.29 is 17.6 Å². The molecule has 1 atom stereocenters. The van der Waals surface area contributed by atoms with Crippen LogP contribution in [-0.2, 0) is 14.8 Å². The number of likely N-dealkylation sites (tertiary alicyclic amines) is 1. The maximum atomic E-state index is 13.6. The van der Waals surface area contributed by atoms with Gasteiger partial charge in [0, 0.05) is 32.1 Å². The Morgan fingerprint density at radius 2 is 2.08 bits per heavy atom. The fourth-order valence-corrected chi connectivity index (χ4v) is 3.90. The first-order valence-electron chi connectivity index (χ1n) is 7.64. The van der Waals surface area contributed by atoms with E-state index in [9.17, 15) is 17.6 Å². The summed E-state index contributed by atoms with van der Waals surface area (Å²) in [5, 5.41) is 3.06. The smallest absolute Gasteiger partial charge is 0.243 e. The predicted molar refractivity (Wildman–Crippen MR) is 92.1 cm³/mol. The average molecular weight is 380 g/mol. The van der Waals surface area contributed by atoms with Crippen LogP contribution in [0, 0.1) is 5.82 Å². The van der Waals surface area contributed by atoms with Crippen LogP contribution in [0.25, 0.3) is 0 Å². The predicted octanol–water partition coefficient (Wildman–Crippen LogP) is 1.13. The minimum absolute atomic E-state index is 0. The molecule has 1 heterocycles. The Kier molecular flexibility index (Phi) is 8.08. The van der Waals surface area contributed by atoms with E-state index in [-0.39, 0.29) is 37.3 Å². The number of hydrogen-bond donors (Lipinski definition) is 2. The number of amides is 1. The zero-order valence-corrected chi connectivity index (χ0v) is 15.1. The molecule has 1 amide bonds. The molecule has 1 aliphatic rings. The highest BCUT2D eigenvalue weighted by atomic mass is 35.5. The molecule has 1 fully saturated rings. The van der Waals surface area contributed by atoms with Crippen LogP contribution in [0.15, 0.2) is 29.2 Å². The standard InChI is InChI=1S/C15H22FN3O3S.ClH/c1-17-11-12-5-4-10-19(12)15(20)8-9-18-23(21,22)14-7-3-2-6-13(14)16;/h2-3,6-7,12,17-18H,4-5,8-11H2,1H3;1H. The highest BCUT2D eigenvalue weighted by molar-refractivity contribution is 7.89. The van der Waals surface area contributed by atoms with Crippen LogP contribution in [-0.4, -0.2) is 51.9 Å². The summed E-state index contributed by atoms with van der Waals surface area (Å²) in [5.74, 6) is -0.890. The number of likely N-dealkylation sites (N-methyl/N-ethyl adjacent to an activating group) is 1. The minimum atomic E-state index is -3.94. The van der Waals surface area contributed by atoms with Crippen molar-refractivity contribution in [2.24, 2.45) is 0 Å². The van der Waals surface area contributed by atoms with E-state index in [1.54, 1.807) is 4.90 Å². The number of carbonyl (C=O) groups excluding carboxylic acids is 1. The van der Waals surface area contributed by atoms with Crippen LogP contribution in [0.1, 0.15) is 19.3 Å². The lowest BCUT2D eigenvalue weighted by molar-refractivity contribution is -0.131. The second-order valence-electron chi connectivity index (χ2n) is 5.52. The van der Waals surface area contributed by atoms with Gasteiger partial charge in [0.15, 0.2) is 0 Å². The summed E-state index contributed by atoms with van der Waals surface area (Å²) in [6, 6.07) is 5.33. The molecule has 1 unspecified atom stereocenters. The molecule has 2 N–H and O–H groups in total. The van der Waals surface area contributed by atoms with E-state index in [2.05, 4.69) is 10.0 Å². The van der Waals surface area contributed by atoms with E-state index in [0.29, 0.717) is 6.54 Å². The van der Waals surface area contributed by atoms with Gasteiger partial charge in [0.1, 0.15) is 10.7 Å². The van der Waals surface area contributed by atoms with Crippen molar-refractivity contribution >= 4 is 28.3 Å². The Morgan fingerprint density at radius 1 is 1.38 bits per heavy atom. The van der Waals surface area contributed by atoms with Crippen molar-refractivity contribution in [2.75, 3.05) is 26.7 Å². The first-order valence-corrected chi connectivity index (χ1v) is 9.12. The lowest BCUT2D eigenvalue weighted by Gasteiger charge is -2.24. The molecular weight excluding hydrogens is 357 g/mol.